The molecule has 0 spiro atoms. The molecule has 0 saturated heterocycles. The van der Waals surface area contributed by atoms with Gasteiger partial charge < -0.3 is 10.0 Å². The van der Waals surface area contributed by atoms with Crippen molar-refractivity contribution in [3.8, 4) is 0 Å². The van der Waals surface area contributed by atoms with Crippen LogP contribution >= 0.6 is 23.1 Å². The number of likely N-dealkylation sites (N-methyl/N-ethyl adjacent to an activating group) is 1. The van der Waals surface area contributed by atoms with E-state index < -0.39 is 6.10 Å². The maximum Gasteiger partial charge on any atom is 0.225 e. The zero-order chi connectivity index (χ0) is 23.8. The molecule has 0 unspecified atom stereocenters. The molecule has 0 aliphatic heterocycles. The van der Waals surface area contributed by atoms with Gasteiger partial charge in [0, 0.05) is 35.2 Å². The van der Waals surface area contributed by atoms with Crippen LogP contribution in [0, 0.1) is 23.2 Å². The van der Waals surface area contributed by atoms with E-state index in [-0.39, 0.29) is 35.0 Å². The summed E-state index contributed by atoms with van der Waals surface area (Å²) in [5, 5.41) is 12.8. The SMILES string of the molecule is C=CCN(C)C(=O)[C@@H](C)[C@@H]1CC[C@@]2(C)Cc3sc(CSc4ccccc4)nc3[C@@H](C)[C@@H]2[C@H]1O. The van der Waals surface area contributed by atoms with Crippen LogP contribution in [0.1, 0.15) is 55.1 Å². The molecule has 1 amide bonds. The highest BCUT2D eigenvalue weighted by atomic mass is 32.2. The van der Waals surface area contributed by atoms with Gasteiger partial charge in [0.05, 0.1) is 17.6 Å². The maximum atomic E-state index is 12.9. The van der Waals surface area contributed by atoms with Gasteiger partial charge in [0.1, 0.15) is 5.01 Å². The highest BCUT2D eigenvalue weighted by Gasteiger charge is 2.54. The third kappa shape index (κ3) is 4.80. The molecule has 0 radical (unpaired) electrons. The third-order valence-corrected chi connectivity index (χ3v) is 10.2. The minimum absolute atomic E-state index is 0.0152. The lowest BCUT2D eigenvalue weighted by Gasteiger charge is -2.53. The number of carbonyl (C=O) groups excluding carboxylic acids is 1. The standard InChI is InChI=1S/C27H36N2O2S2/c1-6-14-29(5)26(31)17(2)20-12-13-27(4)15-21-24(18(3)23(27)25(20)30)28-22(33-21)16-32-19-10-8-7-9-11-19/h6-11,17-18,20,23,25,30H,1,12-16H2,2-5H3/t17-,18-,20-,23+,25-,27-/m0/s1. The molecule has 1 fully saturated rings. The summed E-state index contributed by atoms with van der Waals surface area (Å²) in [6.07, 6.45) is 4.16. The quantitative estimate of drug-likeness (QED) is 0.400. The van der Waals surface area contributed by atoms with Gasteiger partial charge in [0.2, 0.25) is 5.91 Å². The maximum absolute atomic E-state index is 12.9. The highest BCUT2D eigenvalue weighted by molar-refractivity contribution is 7.98. The Hall–Kier alpha value is -1.63. The van der Waals surface area contributed by atoms with Crippen LogP contribution in [0.15, 0.2) is 47.9 Å². The number of rotatable bonds is 7. The van der Waals surface area contributed by atoms with Gasteiger partial charge in [-0.3, -0.25) is 4.79 Å². The van der Waals surface area contributed by atoms with Gasteiger partial charge >= 0.3 is 0 Å². The van der Waals surface area contributed by atoms with Crippen molar-refractivity contribution in [2.75, 3.05) is 13.6 Å². The normalized spacial score (nSPS) is 29.6. The zero-order valence-electron chi connectivity index (χ0n) is 20.2. The average Bonchev–Trinajstić information content (AvgIpc) is 3.20. The van der Waals surface area contributed by atoms with E-state index >= 15 is 0 Å². The number of carbonyl (C=O) groups is 1. The molecule has 6 atom stereocenters. The van der Waals surface area contributed by atoms with Crippen LogP contribution in [0.3, 0.4) is 0 Å². The molecule has 1 aromatic heterocycles. The lowest BCUT2D eigenvalue weighted by atomic mass is 9.53. The average molecular weight is 485 g/mol. The molecule has 6 heteroatoms. The predicted molar refractivity (Wildman–Crippen MR) is 138 cm³/mol. The number of hydrogen-bond acceptors (Lipinski definition) is 5. The number of aliphatic hydroxyl groups excluding tert-OH is 1. The van der Waals surface area contributed by atoms with E-state index in [1.807, 2.05) is 43.1 Å². The van der Waals surface area contributed by atoms with Gasteiger partial charge in [-0.15, -0.1) is 29.7 Å². The van der Waals surface area contributed by atoms with Gasteiger partial charge in [-0.05, 0) is 48.6 Å². The number of benzene rings is 1. The Bertz CT molecular complexity index is 991. The third-order valence-electron chi connectivity index (χ3n) is 7.88. The number of thiazole rings is 1. The van der Waals surface area contributed by atoms with Crippen molar-refractivity contribution >= 4 is 29.0 Å². The summed E-state index contributed by atoms with van der Waals surface area (Å²) in [6.45, 7) is 10.8. The molecule has 2 aliphatic rings. The molecule has 1 aromatic carbocycles. The summed E-state index contributed by atoms with van der Waals surface area (Å²) in [7, 11) is 1.82. The van der Waals surface area contributed by atoms with E-state index in [2.05, 4.69) is 44.7 Å². The predicted octanol–water partition coefficient (Wildman–Crippen LogP) is 5.77. The van der Waals surface area contributed by atoms with Crippen LogP contribution in [0.5, 0.6) is 0 Å². The minimum atomic E-state index is -0.494. The molecular weight excluding hydrogens is 448 g/mol. The molecule has 178 valence electrons. The smallest absolute Gasteiger partial charge is 0.225 e. The topological polar surface area (TPSA) is 53.4 Å². The lowest BCUT2D eigenvalue weighted by molar-refractivity contribution is -0.143. The number of thioether (sulfide) groups is 1. The lowest BCUT2D eigenvalue weighted by Crippen LogP contribution is -2.53. The molecule has 1 heterocycles. The van der Waals surface area contributed by atoms with Gasteiger partial charge in [-0.1, -0.05) is 45.0 Å². The number of aromatic nitrogens is 1. The van der Waals surface area contributed by atoms with E-state index in [1.165, 1.54) is 20.5 Å². The Labute approximate surface area is 206 Å². The first-order valence-corrected chi connectivity index (χ1v) is 13.8. The monoisotopic (exact) mass is 484 g/mol. The molecule has 1 saturated carbocycles. The second-order valence-corrected chi connectivity index (χ2v) is 12.4. The summed E-state index contributed by atoms with van der Waals surface area (Å²) in [5.74, 6) is 1.08. The Kier molecular flexibility index (Phi) is 7.37. The van der Waals surface area contributed by atoms with Crippen molar-refractivity contribution in [1.29, 1.82) is 0 Å². The van der Waals surface area contributed by atoms with E-state index in [0.29, 0.717) is 6.54 Å². The van der Waals surface area contributed by atoms with Crippen molar-refractivity contribution in [2.24, 2.45) is 23.2 Å². The molecule has 0 bridgehead atoms. The summed E-state index contributed by atoms with van der Waals surface area (Å²) in [6, 6.07) is 10.5. The first-order valence-electron chi connectivity index (χ1n) is 12.0. The van der Waals surface area contributed by atoms with Crippen LogP contribution in [-0.2, 0) is 17.0 Å². The van der Waals surface area contributed by atoms with E-state index in [4.69, 9.17) is 4.98 Å². The van der Waals surface area contributed by atoms with Gasteiger partial charge in [-0.2, -0.15) is 0 Å². The van der Waals surface area contributed by atoms with Crippen LogP contribution in [0.4, 0.5) is 0 Å². The first-order chi connectivity index (χ1) is 15.7. The summed E-state index contributed by atoms with van der Waals surface area (Å²) in [4.78, 5) is 22.4. The molecule has 1 N–H and O–H groups in total. The van der Waals surface area contributed by atoms with E-state index in [9.17, 15) is 9.90 Å². The zero-order valence-corrected chi connectivity index (χ0v) is 21.8. The Morgan fingerprint density at radius 2 is 2.15 bits per heavy atom. The van der Waals surface area contributed by atoms with Crippen molar-refractivity contribution in [2.45, 2.75) is 62.7 Å². The fraction of sp³-hybridized carbons (Fsp3) is 0.556. The second-order valence-electron chi connectivity index (χ2n) is 10.2. The Morgan fingerprint density at radius 1 is 1.42 bits per heavy atom. The van der Waals surface area contributed by atoms with Gasteiger partial charge in [0.15, 0.2) is 0 Å². The van der Waals surface area contributed by atoms with Crippen LogP contribution in [-0.4, -0.2) is 40.6 Å². The van der Waals surface area contributed by atoms with Crippen molar-refractivity contribution in [1.82, 2.24) is 9.88 Å². The number of aliphatic hydroxyl groups is 1. The molecule has 2 aromatic rings. The first kappa shape index (κ1) is 24.5. The van der Waals surface area contributed by atoms with Crippen molar-refractivity contribution in [3.63, 3.8) is 0 Å². The van der Waals surface area contributed by atoms with Crippen LogP contribution < -0.4 is 0 Å². The van der Waals surface area contributed by atoms with Crippen LogP contribution in [0.2, 0.25) is 0 Å². The fourth-order valence-electron chi connectivity index (χ4n) is 6.13. The van der Waals surface area contributed by atoms with Crippen molar-refractivity contribution in [3.05, 3.63) is 58.6 Å². The van der Waals surface area contributed by atoms with Crippen molar-refractivity contribution < 1.29 is 9.90 Å². The Balaban J connectivity index is 1.52. The molecule has 4 rings (SSSR count). The molecule has 2 aliphatic carbocycles. The van der Waals surface area contributed by atoms with Gasteiger partial charge in [-0.25, -0.2) is 4.98 Å². The molecule has 4 nitrogen and oxygen atoms in total. The largest absolute Gasteiger partial charge is 0.392 e. The van der Waals surface area contributed by atoms with E-state index in [1.54, 1.807) is 11.0 Å². The number of fused-ring (bicyclic) bond motifs is 2. The second kappa shape index (κ2) is 9.93. The van der Waals surface area contributed by atoms with Crippen LogP contribution in [0.25, 0.3) is 0 Å². The molecular formula is C27H36N2O2S2. The summed E-state index contributed by atoms with van der Waals surface area (Å²) < 4.78 is 0. The summed E-state index contributed by atoms with van der Waals surface area (Å²) >= 11 is 3.68. The number of hydrogen-bond donors (Lipinski definition) is 1. The fourth-order valence-corrected chi connectivity index (χ4v) is 8.42. The van der Waals surface area contributed by atoms with Gasteiger partial charge in [0.25, 0.3) is 0 Å². The Morgan fingerprint density at radius 3 is 2.85 bits per heavy atom. The number of nitrogens with zero attached hydrogens (tertiary/aromatic N) is 2. The highest BCUT2D eigenvalue weighted by Crippen LogP contribution is 2.57. The van der Waals surface area contributed by atoms with E-state index in [0.717, 1.165) is 25.0 Å². The number of amides is 1. The molecule has 33 heavy (non-hydrogen) atoms. The summed E-state index contributed by atoms with van der Waals surface area (Å²) in [5.41, 5.74) is 1.22. The minimum Gasteiger partial charge on any atom is -0.392 e.